The SMILES string of the molecule is CC[C@@H](/C=C/[C@H](C)C1CC[C@H]2[C@@H]3CC=C4CC(O)CC[C@]4(C)[C@H]3CC[C@]12C)C(C)C. The van der Waals surface area contributed by atoms with Crippen molar-refractivity contribution in [2.24, 2.45) is 52.3 Å². The molecule has 0 aliphatic heterocycles. The minimum Gasteiger partial charge on any atom is -0.393 e. The average molecular weight is 413 g/mol. The Morgan fingerprint density at radius 3 is 2.50 bits per heavy atom. The summed E-state index contributed by atoms with van der Waals surface area (Å²) in [6.45, 7) is 14.8. The van der Waals surface area contributed by atoms with E-state index in [0.717, 1.165) is 48.3 Å². The fourth-order valence-electron chi connectivity index (χ4n) is 8.83. The molecule has 0 bridgehead atoms. The molecule has 0 aromatic rings. The van der Waals surface area contributed by atoms with Crippen molar-refractivity contribution in [3.63, 3.8) is 0 Å². The Balaban J connectivity index is 1.52. The van der Waals surface area contributed by atoms with Crippen LogP contribution >= 0.6 is 0 Å². The van der Waals surface area contributed by atoms with Gasteiger partial charge in [0.1, 0.15) is 0 Å². The fraction of sp³-hybridized carbons (Fsp3) is 0.862. The molecule has 1 N–H and O–H groups in total. The third-order valence-corrected chi connectivity index (χ3v) is 10.8. The van der Waals surface area contributed by atoms with Gasteiger partial charge in [-0.3, -0.25) is 0 Å². The Kier molecular flexibility index (Phi) is 6.35. The fourth-order valence-corrected chi connectivity index (χ4v) is 8.83. The van der Waals surface area contributed by atoms with Gasteiger partial charge in [-0.2, -0.15) is 0 Å². The number of fused-ring (bicyclic) bond motifs is 5. The van der Waals surface area contributed by atoms with E-state index in [0.29, 0.717) is 16.7 Å². The van der Waals surface area contributed by atoms with Crippen LogP contribution in [0.15, 0.2) is 23.8 Å². The molecule has 0 aromatic carbocycles. The van der Waals surface area contributed by atoms with Crippen LogP contribution in [0.1, 0.15) is 99.3 Å². The second kappa shape index (κ2) is 8.42. The lowest BCUT2D eigenvalue weighted by atomic mass is 9.47. The first kappa shape index (κ1) is 22.6. The molecule has 0 radical (unpaired) electrons. The second-order valence-corrected chi connectivity index (χ2v) is 12.4. The van der Waals surface area contributed by atoms with E-state index in [1.54, 1.807) is 5.57 Å². The van der Waals surface area contributed by atoms with Crippen molar-refractivity contribution >= 4 is 0 Å². The average Bonchev–Trinajstić information content (AvgIpc) is 3.06. The Labute approximate surface area is 186 Å². The second-order valence-electron chi connectivity index (χ2n) is 12.4. The summed E-state index contributed by atoms with van der Waals surface area (Å²) in [6, 6.07) is 0. The molecule has 4 rings (SSSR count). The van der Waals surface area contributed by atoms with Crippen molar-refractivity contribution < 1.29 is 5.11 Å². The van der Waals surface area contributed by atoms with Crippen molar-refractivity contribution in [2.45, 2.75) is 105 Å². The van der Waals surface area contributed by atoms with E-state index in [4.69, 9.17) is 0 Å². The van der Waals surface area contributed by atoms with Crippen LogP contribution in [0, 0.1) is 52.3 Å². The van der Waals surface area contributed by atoms with Gasteiger partial charge in [-0.1, -0.05) is 65.3 Å². The molecule has 2 unspecified atom stereocenters. The molecule has 4 aliphatic carbocycles. The van der Waals surface area contributed by atoms with E-state index in [9.17, 15) is 5.11 Å². The van der Waals surface area contributed by atoms with Gasteiger partial charge in [-0.25, -0.2) is 0 Å². The number of hydrogen-bond acceptors (Lipinski definition) is 1. The third-order valence-electron chi connectivity index (χ3n) is 10.8. The molecule has 0 amide bonds. The Hall–Kier alpha value is -0.560. The van der Waals surface area contributed by atoms with Crippen LogP contribution in [-0.4, -0.2) is 11.2 Å². The minimum atomic E-state index is -0.0870. The lowest BCUT2D eigenvalue weighted by Crippen LogP contribution is -2.50. The Bertz CT molecular complexity index is 674. The van der Waals surface area contributed by atoms with Crippen molar-refractivity contribution in [1.82, 2.24) is 0 Å². The van der Waals surface area contributed by atoms with E-state index in [1.165, 1.54) is 44.9 Å². The molecule has 0 saturated heterocycles. The van der Waals surface area contributed by atoms with Gasteiger partial charge in [-0.05, 0) is 110 Å². The van der Waals surface area contributed by atoms with Crippen LogP contribution in [0.3, 0.4) is 0 Å². The van der Waals surface area contributed by atoms with E-state index in [-0.39, 0.29) is 6.10 Å². The summed E-state index contributed by atoms with van der Waals surface area (Å²) in [5.41, 5.74) is 2.51. The third kappa shape index (κ3) is 3.66. The van der Waals surface area contributed by atoms with Gasteiger partial charge in [0.2, 0.25) is 0 Å². The van der Waals surface area contributed by atoms with Crippen molar-refractivity contribution in [1.29, 1.82) is 0 Å². The zero-order valence-corrected chi connectivity index (χ0v) is 20.7. The highest BCUT2D eigenvalue weighted by Gasteiger charge is 2.58. The zero-order chi connectivity index (χ0) is 21.7. The maximum Gasteiger partial charge on any atom is 0.0577 e. The van der Waals surface area contributed by atoms with Gasteiger partial charge >= 0.3 is 0 Å². The van der Waals surface area contributed by atoms with Crippen LogP contribution < -0.4 is 0 Å². The molecule has 0 spiro atoms. The maximum atomic E-state index is 10.2. The van der Waals surface area contributed by atoms with Gasteiger partial charge in [-0.15, -0.1) is 0 Å². The normalized spacial score (nSPS) is 45.6. The standard InChI is InChI=1S/C29H48O/c1-7-21(19(2)3)9-8-20(4)25-12-13-26-24-11-10-22-18-23(30)14-16-28(22,5)27(24)15-17-29(25,26)6/h8-10,19-21,23-27,30H,7,11-18H2,1-6H3/b9-8+/t20-,21-,23?,24-,25?,26-,27-,28-,29+/m0/s1. The number of allylic oxidation sites excluding steroid dienone is 3. The van der Waals surface area contributed by atoms with E-state index >= 15 is 0 Å². The highest BCUT2D eigenvalue weighted by molar-refractivity contribution is 5.25. The summed E-state index contributed by atoms with van der Waals surface area (Å²) in [6.07, 6.45) is 19.1. The largest absolute Gasteiger partial charge is 0.393 e. The molecule has 0 heterocycles. The van der Waals surface area contributed by atoms with Gasteiger partial charge in [0.25, 0.3) is 0 Å². The first-order chi connectivity index (χ1) is 14.2. The minimum absolute atomic E-state index is 0.0870. The van der Waals surface area contributed by atoms with Crippen LogP contribution in [0.25, 0.3) is 0 Å². The van der Waals surface area contributed by atoms with Gasteiger partial charge in [0, 0.05) is 0 Å². The first-order valence-electron chi connectivity index (χ1n) is 13.3. The monoisotopic (exact) mass is 412 g/mol. The van der Waals surface area contributed by atoms with E-state index in [2.05, 4.69) is 59.8 Å². The smallest absolute Gasteiger partial charge is 0.0577 e. The van der Waals surface area contributed by atoms with Gasteiger partial charge in [0.15, 0.2) is 0 Å². The van der Waals surface area contributed by atoms with Gasteiger partial charge < -0.3 is 5.11 Å². The van der Waals surface area contributed by atoms with Crippen molar-refractivity contribution in [3.8, 4) is 0 Å². The lowest BCUT2D eigenvalue weighted by Gasteiger charge is -2.58. The molecular formula is C29H48O. The molecule has 1 heteroatoms. The van der Waals surface area contributed by atoms with Gasteiger partial charge in [0.05, 0.1) is 6.10 Å². The Morgan fingerprint density at radius 2 is 1.80 bits per heavy atom. The highest BCUT2D eigenvalue weighted by atomic mass is 16.3. The predicted molar refractivity (Wildman–Crippen MR) is 128 cm³/mol. The maximum absolute atomic E-state index is 10.2. The predicted octanol–water partition coefficient (Wildman–Crippen LogP) is 7.80. The van der Waals surface area contributed by atoms with Crippen LogP contribution in [-0.2, 0) is 0 Å². The summed E-state index contributed by atoms with van der Waals surface area (Å²) in [7, 11) is 0. The van der Waals surface area contributed by atoms with Crippen molar-refractivity contribution in [2.75, 3.05) is 0 Å². The highest BCUT2D eigenvalue weighted by Crippen LogP contribution is 2.67. The number of hydrogen-bond donors (Lipinski definition) is 1. The van der Waals surface area contributed by atoms with Crippen LogP contribution in [0.4, 0.5) is 0 Å². The lowest BCUT2D eigenvalue weighted by molar-refractivity contribution is -0.0540. The summed E-state index contributed by atoms with van der Waals surface area (Å²) in [4.78, 5) is 0. The quantitative estimate of drug-likeness (QED) is 0.457. The molecule has 170 valence electrons. The molecule has 30 heavy (non-hydrogen) atoms. The summed E-state index contributed by atoms with van der Waals surface area (Å²) in [5.74, 6) is 5.70. The Morgan fingerprint density at radius 1 is 1.03 bits per heavy atom. The number of aliphatic hydroxyl groups is 1. The zero-order valence-electron chi connectivity index (χ0n) is 20.7. The molecular weight excluding hydrogens is 364 g/mol. The summed E-state index contributed by atoms with van der Waals surface area (Å²) in [5, 5.41) is 10.2. The number of aliphatic hydroxyl groups excluding tert-OH is 1. The first-order valence-corrected chi connectivity index (χ1v) is 13.3. The van der Waals surface area contributed by atoms with E-state index in [1.807, 2.05) is 0 Å². The molecule has 4 aliphatic rings. The van der Waals surface area contributed by atoms with Crippen LogP contribution in [0.5, 0.6) is 0 Å². The molecule has 3 saturated carbocycles. The molecule has 3 fully saturated rings. The molecule has 9 atom stereocenters. The van der Waals surface area contributed by atoms with E-state index < -0.39 is 0 Å². The molecule has 1 nitrogen and oxygen atoms in total. The van der Waals surface area contributed by atoms with Crippen LogP contribution in [0.2, 0.25) is 0 Å². The summed E-state index contributed by atoms with van der Waals surface area (Å²) >= 11 is 0. The summed E-state index contributed by atoms with van der Waals surface area (Å²) < 4.78 is 0. The van der Waals surface area contributed by atoms with Crippen molar-refractivity contribution in [3.05, 3.63) is 23.8 Å². The number of rotatable bonds is 5. The molecule has 0 aromatic heterocycles. The topological polar surface area (TPSA) is 20.2 Å².